The lowest BCUT2D eigenvalue weighted by atomic mass is 9.95. The lowest BCUT2D eigenvalue weighted by molar-refractivity contribution is -0.146. The highest BCUT2D eigenvalue weighted by Crippen LogP contribution is 2.29. The van der Waals surface area contributed by atoms with Gasteiger partial charge in [-0.05, 0) is 36.6 Å². The Kier molecular flexibility index (Phi) is 5.74. The smallest absolute Gasteiger partial charge is 0.355 e. The first-order chi connectivity index (χ1) is 14.7. The largest absolute Gasteiger partial charge is 0.453 e. The molecule has 1 fully saturated rings. The maximum atomic E-state index is 13.1. The Hall–Kier alpha value is -2.88. The number of alkyl halides is 3. The first kappa shape index (κ1) is 21.4. The van der Waals surface area contributed by atoms with Crippen LogP contribution in [0.1, 0.15) is 24.2 Å². The third-order valence-corrected chi connectivity index (χ3v) is 5.78. The van der Waals surface area contributed by atoms with Crippen LogP contribution in [0.4, 0.5) is 19.0 Å². The number of carbonyl (C=O) groups excluding carboxylic acids is 1. The molecule has 4 rings (SSSR count). The zero-order valence-corrected chi connectivity index (χ0v) is 17.4. The lowest BCUT2D eigenvalue weighted by Crippen LogP contribution is -2.41. The van der Waals surface area contributed by atoms with Gasteiger partial charge in [0.1, 0.15) is 5.82 Å². The van der Waals surface area contributed by atoms with Crippen LogP contribution >= 0.6 is 11.6 Å². The molecule has 3 aromatic rings. The molecule has 0 N–H and O–H groups in total. The Morgan fingerprint density at radius 1 is 1.16 bits per heavy atom. The number of hydrogen-bond donors (Lipinski definition) is 0. The Morgan fingerprint density at radius 3 is 2.55 bits per heavy atom. The van der Waals surface area contributed by atoms with E-state index in [0.717, 1.165) is 5.56 Å². The van der Waals surface area contributed by atoms with E-state index in [1.165, 1.54) is 6.07 Å². The van der Waals surface area contributed by atoms with Gasteiger partial charge >= 0.3 is 6.18 Å². The lowest BCUT2D eigenvalue weighted by Gasteiger charge is -2.33. The summed E-state index contributed by atoms with van der Waals surface area (Å²) in [6, 6.07) is 10.5. The number of rotatable bonds is 4. The Balaban J connectivity index is 1.41. The van der Waals surface area contributed by atoms with Crippen molar-refractivity contribution in [3.8, 4) is 0 Å². The number of hydrogen-bond acceptors (Lipinski definition) is 5. The van der Waals surface area contributed by atoms with E-state index in [0.29, 0.717) is 47.8 Å². The fourth-order valence-electron chi connectivity index (χ4n) is 3.75. The van der Waals surface area contributed by atoms with Gasteiger partial charge in [-0.25, -0.2) is 0 Å². The minimum Gasteiger partial charge on any atom is -0.355 e. The summed E-state index contributed by atoms with van der Waals surface area (Å²) < 4.78 is 40.0. The summed E-state index contributed by atoms with van der Waals surface area (Å²) in [5.41, 5.74) is 0.909. The Morgan fingerprint density at radius 2 is 1.87 bits per heavy atom. The summed E-state index contributed by atoms with van der Waals surface area (Å²) in [4.78, 5) is 16.4. The van der Waals surface area contributed by atoms with Gasteiger partial charge in [0.2, 0.25) is 5.91 Å². The van der Waals surface area contributed by atoms with Crippen LogP contribution in [0, 0.1) is 5.92 Å². The van der Waals surface area contributed by atoms with E-state index in [2.05, 4.69) is 15.3 Å². The number of benzene rings is 1. The topological polar surface area (TPSA) is 66.6 Å². The van der Waals surface area contributed by atoms with E-state index in [4.69, 9.17) is 11.6 Å². The van der Waals surface area contributed by atoms with Crippen molar-refractivity contribution in [1.82, 2.24) is 24.7 Å². The van der Waals surface area contributed by atoms with Crippen LogP contribution in [0.3, 0.4) is 0 Å². The van der Waals surface area contributed by atoms with Crippen molar-refractivity contribution in [2.24, 2.45) is 5.92 Å². The van der Waals surface area contributed by atoms with Gasteiger partial charge in [-0.1, -0.05) is 29.8 Å². The van der Waals surface area contributed by atoms with E-state index in [1.54, 1.807) is 24.1 Å². The molecule has 1 aliphatic heterocycles. The standard InChI is InChI=1S/C20H20ClF3N6O/c1-28(12-14-4-2-3-5-15(14)21)18(31)13-8-10-29(11-9-13)17-7-6-16-25-26-19(20(22,23)24)30(16)27-17/h2-7,13H,8-12H2,1H3. The molecule has 0 atom stereocenters. The summed E-state index contributed by atoms with van der Waals surface area (Å²) in [6.07, 6.45) is -3.48. The SMILES string of the molecule is CN(Cc1ccccc1Cl)C(=O)C1CCN(c2ccc3nnc(C(F)(F)F)n3n2)CC1. The molecule has 0 radical (unpaired) electrons. The number of halogens is 4. The molecule has 1 aromatic carbocycles. The van der Waals surface area contributed by atoms with Crippen molar-refractivity contribution in [2.45, 2.75) is 25.6 Å². The van der Waals surface area contributed by atoms with E-state index >= 15 is 0 Å². The van der Waals surface area contributed by atoms with E-state index < -0.39 is 12.0 Å². The fourth-order valence-corrected chi connectivity index (χ4v) is 3.95. The van der Waals surface area contributed by atoms with Gasteiger partial charge in [0, 0.05) is 37.6 Å². The van der Waals surface area contributed by atoms with Crippen LogP contribution in [0.5, 0.6) is 0 Å². The second kappa shape index (κ2) is 8.33. The summed E-state index contributed by atoms with van der Waals surface area (Å²) in [7, 11) is 1.75. The first-order valence-corrected chi connectivity index (χ1v) is 10.1. The first-order valence-electron chi connectivity index (χ1n) is 9.77. The molecular formula is C20H20ClF3N6O. The predicted molar refractivity (Wildman–Crippen MR) is 109 cm³/mol. The Labute approximate surface area is 181 Å². The molecule has 7 nitrogen and oxygen atoms in total. The molecule has 0 spiro atoms. The number of aromatic nitrogens is 4. The summed E-state index contributed by atoms with van der Waals surface area (Å²) in [5.74, 6) is -0.891. The van der Waals surface area contributed by atoms with Crippen molar-refractivity contribution < 1.29 is 18.0 Å². The maximum Gasteiger partial charge on any atom is 0.453 e. The van der Waals surface area contributed by atoms with Crippen molar-refractivity contribution in [3.63, 3.8) is 0 Å². The van der Waals surface area contributed by atoms with Crippen LogP contribution in [-0.4, -0.2) is 50.8 Å². The third-order valence-electron chi connectivity index (χ3n) is 5.41. The molecule has 31 heavy (non-hydrogen) atoms. The van der Waals surface area contributed by atoms with Gasteiger partial charge in [-0.2, -0.15) is 17.7 Å². The van der Waals surface area contributed by atoms with Crippen LogP contribution in [0.2, 0.25) is 5.02 Å². The van der Waals surface area contributed by atoms with Crippen LogP contribution in [0.15, 0.2) is 36.4 Å². The highest BCUT2D eigenvalue weighted by Gasteiger charge is 2.38. The third kappa shape index (κ3) is 4.43. The van der Waals surface area contributed by atoms with Gasteiger partial charge in [-0.3, -0.25) is 4.79 Å². The zero-order chi connectivity index (χ0) is 22.2. The average Bonchev–Trinajstić information content (AvgIpc) is 3.19. The molecule has 1 amide bonds. The molecule has 0 saturated carbocycles. The zero-order valence-electron chi connectivity index (χ0n) is 16.7. The fraction of sp³-hybridized carbons (Fsp3) is 0.400. The van der Waals surface area contributed by atoms with Crippen molar-refractivity contribution >= 4 is 29.0 Å². The molecule has 0 bridgehead atoms. The molecule has 3 heterocycles. The summed E-state index contributed by atoms with van der Waals surface area (Å²) >= 11 is 6.19. The molecule has 1 aliphatic rings. The van der Waals surface area contributed by atoms with Gasteiger partial charge in [0.25, 0.3) is 5.82 Å². The van der Waals surface area contributed by atoms with Crippen LogP contribution in [-0.2, 0) is 17.5 Å². The minimum atomic E-state index is -4.64. The maximum absolute atomic E-state index is 13.1. The van der Waals surface area contributed by atoms with Gasteiger partial charge < -0.3 is 9.80 Å². The summed E-state index contributed by atoms with van der Waals surface area (Å²) in [6.45, 7) is 1.45. The highest BCUT2D eigenvalue weighted by atomic mass is 35.5. The van der Waals surface area contributed by atoms with Crippen LogP contribution < -0.4 is 4.90 Å². The minimum absolute atomic E-state index is 0.0288. The van der Waals surface area contributed by atoms with Gasteiger partial charge in [0.15, 0.2) is 5.65 Å². The second-order valence-corrected chi connectivity index (χ2v) is 7.94. The number of amides is 1. The second-order valence-electron chi connectivity index (χ2n) is 7.53. The summed E-state index contributed by atoms with van der Waals surface area (Å²) in [5, 5.41) is 11.4. The molecule has 0 unspecified atom stereocenters. The Bertz CT molecular complexity index is 1090. The molecule has 11 heteroatoms. The monoisotopic (exact) mass is 452 g/mol. The quantitative estimate of drug-likeness (QED) is 0.604. The number of piperidine rings is 1. The molecule has 2 aromatic heterocycles. The molecular weight excluding hydrogens is 433 g/mol. The molecule has 1 saturated heterocycles. The number of carbonyl (C=O) groups is 1. The van der Waals surface area contributed by atoms with Crippen LogP contribution in [0.25, 0.3) is 5.65 Å². The highest BCUT2D eigenvalue weighted by molar-refractivity contribution is 6.31. The van der Waals surface area contributed by atoms with E-state index in [-0.39, 0.29) is 17.5 Å². The van der Waals surface area contributed by atoms with Gasteiger partial charge in [-0.15, -0.1) is 15.3 Å². The van der Waals surface area contributed by atoms with Crippen molar-refractivity contribution in [3.05, 3.63) is 52.8 Å². The number of nitrogens with zero attached hydrogens (tertiary/aromatic N) is 6. The van der Waals surface area contributed by atoms with Crippen molar-refractivity contribution in [2.75, 3.05) is 25.0 Å². The van der Waals surface area contributed by atoms with Gasteiger partial charge in [0.05, 0.1) is 0 Å². The molecule has 164 valence electrons. The molecule has 0 aliphatic carbocycles. The number of anilines is 1. The predicted octanol–water partition coefficient (Wildman–Crippen LogP) is 3.67. The van der Waals surface area contributed by atoms with Crippen molar-refractivity contribution in [1.29, 1.82) is 0 Å². The number of fused-ring (bicyclic) bond motifs is 1. The average molecular weight is 453 g/mol. The van der Waals surface area contributed by atoms with E-state index in [9.17, 15) is 18.0 Å². The normalized spacial score (nSPS) is 15.5. The van der Waals surface area contributed by atoms with E-state index in [1.807, 2.05) is 23.1 Å².